The molecule has 1 unspecified atom stereocenters. The molecule has 6 nitrogen and oxygen atoms in total. The number of rotatable bonds is 4. The second kappa shape index (κ2) is 7.50. The van der Waals surface area contributed by atoms with Crippen molar-refractivity contribution in [3.63, 3.8) is 0 Å². The lowest BCUT2D eigenvalue weighted by atomic mass is 10.1. The third-order valence-corrected chi connectivity index (χ3v) is 5.17. The summed E-state index contributed by atoms with van der Waals surface area (Å²) in [6.07, 6.45) is 0.845. The van der Waals surface area contributed by atoms with Gasteiger partial charge in [0.15, 0.2) is 0 Å². The van der Waals surface area contributed by atoms with Crippen molar-refractivity contribution in [1.29, 1.82) is 0 Å². The highest BCUT2D eigenvalue weighted by Crippen LogP contribution is 2.37. The average molecular weight is 378 g/mol. The lowest BCUT2D eigenvalue weighted by Gasteiger charge is -2.37. The Morgan fingerprint density at radius 3 is 2.62 bits per heavy atom. The van der Waals surface area contributed by atoms with Gasteiger partial charge < -0.3 is 24.3 Å². The molecule has 0 bridgehead atoms. The Kier molecular flexibility index (Phi) is 5.32. The van der Waals surface area contributed by atoms with E-state index in [2.05, 4.69) is 35.9 Å². The van der Waals surface area contributed by atoms with Gasteiger partial charge in [0.1, 0.15) is 11.5 Å². The van der Waals surface area contributed by atoms with Gasteiger partial charge in [0.25, 0.3) is 0 Å². The number of hydrogen-bond acceptors (Lipinski definition) is 3. The number of carbonyl (C=O) groups excluding carboxylic acids is 1. The summed E-state index contributed by atoms with van der Waals surface area (Å²) in [5, 5.41) is 3.35. The van der Waals surface area contributed by atoms with Crippen LogP contribution < -0.4 is 14.8 Å². The third kappa shape index (κ3) is 3.21. The minimum absolute atomic E-state index is 0.0390. The number of anilines is 1. The van der Waals surface area contributed by atoms with Gasteiger partial charge in [-0.3, -0.25) is 0 Å². The van der Waals surface area contributed by atoms with E-state index in [1.165, 1.54) is 18.5 Å². The highest BCUT2D eigenvalue weighted by Gasteiger charge is 2.31. The van der Waals surface area contributed by atoms with E-state index in [1.54, 1.807) is 19.2 Å². The molecular formula is C19H24ClN3O3. The van der Waals surface area contributed by atoms with Crippen molar-refractivity contribution in [2.45, 2.75) is 32.9 Å². The first-order valence-corrected chi connectivity index (χ1v) is 9.03. The van der Waals surface area contributed by atoms with Crippen molar-refractivity contribution in [1.82, 2.24) is 9.47 Å². The van der Waals surface area contributed by atoms with Gasteiger partial charge in [0.2, 0.25) is 0 Å². The minimum Gasteiger partial charge on any atom is -0.495 e. The topological polar surface area (TPSA) is 55.7 Å². The van der Waals surface area contributed by atoms with Crippen molar-refractivity contribution in [3.8, 4) is 11.5 Å². The number of fused-ring (bicyclic) bond motifs is 1. The maximum absolute atomic E-state index is 13.0. The quantitative estimate of drug-likeness (QED) is 0.855. The van der Waals surface area contributed by atoms with Crippen LogP contribution in [0, 0.1) is 6.92 Å². The molecule has 3 rings (SSSR count). The molecule has 0 radical (unpaired) electrons. The highest BCUT2D eigenvalue weighted by atomic mass is 35.5. The van der Waals surface area contributed by atoms with Gasteiger partial charge in [-0.25, -0.2) is 4.79 Å². The number of carbonyl (C=O) groups is 1. The Labute approximate surface area is 158 Å². The molecule has 1 aliphatic heterocycles. The molecule has 0 saturated carbocycles. The molecule has 0 saturated heterocycles. The number of halogens is 1. The zero-order valence-corrected chi connectivity index (χ0v) is 16.3. The summed E-state index contributed by atoms with van der Waals surface area (Å²) in [5.41, 5.74) is 2.92. The molecule has 2 heterocycles. The Hall–Kier alpha value is -2.34. The number of urea groups is 1. The summed E-state index contributed by atoms with van der Waals surface area (Å²) in [4.78, 5) is 14.8. The van der Waals surface area contributed by atoms with Crippen LogP contribution >= 0.6 is 11.6 Å². The molecule has 1 atom stereocenters. The van der Waals surface area contributed by atoms with Crippen LogP contribution in [0.1, 0.15) is 30.8 Å². The van der Waals surface area contributed by atoms with Crippen LogP contribution in [0.4, 0.5) is 10.5 Å². The van der Waals surface area contributed by atoms with Gasteiger partial charge in [0, 0.05) is 30.5 Å². The molecule has 0 spiro atoms. The molecule has 26 heavy (non-hydrogen) atoms. The van der Waals surface area contributed by atoms with Crippen LogP contribution in [-0.2, 0) is 6.54 Å². The highest BCUT2D eigenvalue weighted by molar-refractivity contribution is 6.32. The fourth-order valence-electron chi connectivity index (χ4n) is 3.53. The number of aryl methyl sites for hydroxylation is 1. The molecule has 7 heteroatoms. The molecule has 1 aliphatic rings. The Balaban J connectivity index is 1.85. The monoisotopic (exact) mass is 377 g/mol. The molecule has 140 valence electrons. The van der Waals surface area contributed by atoms with Crippen molar-refractivity contribution in [2.24, 2.45) is 0 Å². The van der Waals surface area contributed by atoms with E-state index in [9.17, 15) is 4.79 Å². The molecule has 0 aliphatic carbocycles. The second-order valence-electron chi connectivity index (χ2n) is 6.29. The van der Waals surface area contributed by atoms with Crippen molar-refractivity contribution < 1.29 is 14.3 Å². The van der Waals surface area contributed by atoms with Gasteiger partial charge in [-0.1, -0.05) is 18.5 Å². The molecule has 2 amide bonds. The van der Waals surface area contributed by atoms with E-state index in [0.717, 1.165) is 13.0 Å². The Bertz CT molecular complexity index is 819. The average Bonchev–Trinajstić information content (AvgIpc) is 3.02. The Morgan fingerprint density at radius 2 is 1.96 bits per heavy atom. The van der Waals surface area contributed by atoms with Crippen molar-refractivity contribution in [3.05, 3.63) is 40.7 Å². The predicted octanol–water partition coefficient (Wildman–Crippen LogP) is 4.47. The van der Waals surface area contributed by atoms with Crippen LogP contribution in [0.3, 0.4) is 0 Å². The van der Waals surface area contributed by atoms with Crippen molar-refractivity contribution in [2.75, 3.05) is 26.1 Å². The zero-order chi connectivity index (χ0) is 18.8. The summed E-state index contributed by atoms with van der Waals surface area (Å²) in [6.45, 7) is 5.63. The van der Waals surface area contributed by atoms with E-state index in [0.29, 0.717) is 28.8 Å². The fourth-order valence-corrected chi connectivity index (χ4v) is 3.77. The standard InChI is InChI=1S/C19H24ClN3O3/c1-5-15-16-7-6-12(2)22(16)8-9-23(15)19(24)21-14-10-13(20)17(25-3)11-18(14)26-4/h6-7,10-11,15H,5,8-9H2,1-4H3,(H,21,24). The number of nitrogens with one attached hydrogen (secondary N) is 1. The van der Waals surface area contributed by atoms with Crippen LogP contribution in [-0.4, -0.2) is 36.3 Å². The van der Waals surface area contributed by atoms with Gasteiger partial charge in [0.05, 0.1) is 31.0 Å². The number of amides is 2. The molecule has 1 aromatic heterocycles. The third-order valence-electron chi connectivity index (χ3n) is 4.88. The van der Waals surface area contributed by atoms with Crippen LogP contribution in [0.15, 0.2) is 24.3 Å². The van der Waals surface area contributed by atoms with Crippen LogP contribution in [0.25, 0.3) is 0 Å². The van der Waals surface area contributed by atoms with Gasteiger partial charge in [-0.15, -0.1) is 0 Å². The van der Waals surface area contributed by atoms with Crippen molar-refractivity contribution >= 4 is 23.3 Å². The van der Waals surface area contributed by atoms with E-state index in [4.69, 9.17) is 21.1 Å². The number of hydrogen-bond donors (Lipinski definition) is 1. The largest absolute Gasteiger partial charge is 0.495 e. The van der Waals surface area contributed by atoms with E-state index in [1.807, 2.05) is 4.90 Å². The van der Waals surface area contributed by atoms with Gasteiger partial charge >= 0.3 is 6.03 Å². The predicted molar refractivity (Wildman–Crippen MR) is 102 cm³/mol. The fraction of sp³-hybridized carbons (Fsp3) is 0.421. The number of methoxy groups -OCH3 is 2. The Morgan fingerprint density at radius 1 is 1.23 bits per heavy atom. The molecular weight excluding hydrogens is 354 g/mol. The van der Waals surface area contributed by atoms with Crippen LogP contribution in [0.5, 0.6) is 11.5 Å². The second-order valence-corrected chi connectivity index (χ2v) is 6.69. The summed E-state index contributed by atoms with van der Waals surface area (Å²) >= 11 is 6.20. The molecule has 1 N–H and O–H groups in total. The lowest BCUT2D eigenvalue weighted by molar-refractivity contribution is 0.165. The summed E-state index contributed by atoms with van der Waals surface area (Å²) in [6, 6.07) is 7.40. The van der Waals surface area contributed by atoms with Gasteiger partial charge in [-0.05, 0) is 31.5 Å². The lowest BCUT2D eigenvalue weighted by Crippen LogP contribution is -2.44. The van der Waals surface area contributed by atoms with Gasteiger partial charge in [-0.2, -0.15) is 0 Å². The summed E-state index contributed by atoms with van der Waals surface area (Å²) in [7, 11) is 3.08. The van der Waals surface area contributed by atoms with E-state index in [-0.39, 0.29) is 12.1 Å². The van der Waals surface area contributed by atoms with E-state index >= 15 is 0 Å². The first-order valence-electron chi connectivity index (χ1n) is 8.65. The first-order chi connectivity index (χ1) is 12.5. The first kappa shape index (κ1) is 18.5. The summed E-state index contributed by atoms with van der Waals surface area (Å²) < 4.78 is 12.9. The maximum atomic E-state index is 13.0. The zero-order valence-electron chi connectivity index (χ0n) is 15.5. The SMILES string of the molecule is CCC1c2ccc(C)n2CCN1C(=O)Nc1cc(Cl)c(OC)cc1OC. The number of ether oxygens (including phenoxy) is 2. The molecule has 0 fully saturated rings. The maximum Gasteiger partial charge on any atom is 0.322 e. The summed E-state index contributed by atoms with van der Waals surface area (Å²) in [5.74, 6) is 1.00. The number of nitrogens with zero attached hydrogens (tertiary/aromatic N) is 2. The minimum atomic E-state index is -0.165. The smallest absolute Gasteiger partial charge is 0.322 e. The normalized spacial score (nSPS) is 16.2. The van der Waals surface area contributed by atoms with E-state index < -0.39 is 0 Å². The number of benzene rings is 1. The molecule has 2 aromatic rings. The molecule has 1 aromatic carbocycles. The number of aromatic nitrogens is 1. The van der Waals surface area contributed by atoms with Crippen LogP contribution in [0.2, 0.25) is 5.02 Å².